The van der Waals surface area contributed by atoms with Crippen molar-refractivity contribution in [2.24, 2.45) is 11.0 Å². The molecule has 0 aliphatic heterocycles. The first-order valence-electron chi connectivity index (χ1n) is 6.70. The van der Waals surface area contributed by atoms with Crippen LogP contribution in [-0.2, 0) is 0 Å². The number of carbonyl (C=O) groups is 1. The van der Waals surface area contributed by atoms with Crippen LogP contribution in [-0.4, -0.2) is 11.6 Å². The minimum atomic E-state index is -0.124. The molecule has 1 aromatic carbocycles. The number of benzene rings is 1. The zero-order valence-corrected chi connectivity index (χ0v) is 10.9. The third-order valence-corrected chi connectivity index (χ3v) is 3.61. The van der Waals surface area contributed by atoms with Gasteiger partial charge in [-0.2, -0.15) is 5.10 Å². The lowest BCUT2D eigenvalue weighted by molar-refractivity contribution is 0.0954. The Balaban J connectivity index is 1.86. The second-order valence-corrected chi connectivity index (χ2v) is 4.84. The quantitative estimate of drug-likeness (QED) is 0.814. The van der Waals surface area contributed by atoms with Crippen molar-refractivity contribution in [1.29, 1.82) is 0 Å². The Kier molecular flexibility index (Phi) is 4.51. The lowest BCUT2D eigenvalue weighted by atomic mass is 9.86. The van der Waals surface area contributed by atoms with Gasteiger partial charge < -0.3 is 0 Å². The van der Waals surface area contributed by atoms with Gasteiger partial charge in [-0.15, -0.1) is 0 Å². The summed E-state index contributed by atoms with van der Waals surface area (Å²) in [5.41, 5.74) is 4.44. The molecule has 1 aliphatic rings. The Morgan fingerprint density at radius 3 is 2.56 bits per heavy atom. The fourth-order valence-electron chi connectivity index (χ4n) is 2.31. The zero-order valence-electron chi connectivity index (χ0n) is 10.9. The van der Waals surface area contributed by atoms with Crippen LogP contribution in [0.1, 0.15) is 49.4 Å². The summed E-state index contributed by atoms with van der Waals surface area (Å²) < 4.78 is 0. The van der Waals surface area contributed by atoms with Crippen molar-refractivity contribution in [1.82, 2.24) is 5.43 Å². The van der Waals surface area contributed by atoms with Gasteiger partial charge in [0.1, 0.15) is 0 Å². The monoisotopic (exact) mass is 244 g/mol. The molecule has 0 radical (unpaired) electrons. The van der Waals surface area contributed by atoms with Crippen molar-refractivity contribution >= 4 is 11.6 Å². The zero-order chi connectivity index (χ0) is 12.8. The maximum atomic E-state index is 11.8. The van der Waals surface area contributed by atoms with Crippen LogP contribution in [0.25, 0.3) is 0 Å². The third-order valence-electron chi connectivity index (χ3n) is 3.61. The summed E-state index contributed by atoms with van der Waals surface area (Å²) in [6, 6.07) is 9.20. The number of hydrogen-bond donors (Lipinski definition) is 1. The third kappa shape index (κ3) is 3.42. The fraction of sp³-hybridized carbons (Fsp3) is 0.467. The molecule has 0 saturated heterocycles. The number of hydrogen-bond acceptors (Lipinski definition) is 2. The number of rotatable bonds is 3. The van der Waals surface area contributed by atoms with E-state index in [1.807, 2.05) is 18.2 Å². The Morgan fingerprint density at radius 1 is 1.28 bits per heavy atom. The van der Waals surface area contributed by atoms with Crippen molar-refractivity contribution in [2.75, 3.05) is 0 Å². The topological polar surface area (TPSA) is 41.5 Å². The number of nitrogens with zero attached hydrogens (tertiary/aromatic N) is 1. The van der Waals surface area contributed by atoms with Crippen LogP contribution in [0.3, 0.4) is 0 Å². The average Bonchev–Trinajstić information content (AvgIpc) is 2.46. The van der Waals surface area contributed by atoms with E-state index in [9.17, 15) is 4.79 Å². The molecule has 0 atom stereocenters. The van der Waals surface area contributed by atoms with Crippen LogP contribution in [0.2, 0.25) is 0 Å². The summed E-state index contributed by atoms with van der Waals surface area (Å²) in [5.74, 6) is 0.717. The van der Waals surface area contributed by atoms with E-state index in [1.54, 1.807) is 12.1 Å². The first-order valence-corrected chi connectivity index (χ1v) is 6.70. The summed E-state index contributed by atoms with van der Waals surface area (Å²) in [4.78, 5) is 11.8. The molecule has 3 heteroatoms. The van der Waals surface area contributed by atoms with Crippen LogP contribution >= 0.6 is 0 Å². The average molecular weight is 244 g/mol. The fourth-order valence-corrected chi connectivity index (χ4v) is 2.31. The van der Waals surface area contributed by atoms with E-state index in [-0.39, 0.29) is 5.91 Å². The molecule has 0 unspecified atom stereocenters. The Morgan fingerprint density at radius 2 is 1.94 bits per heavy atom. The van der Waals surface area contributed by atoms with E-state index in [0.717, 1.165) is 24.5 Å². The molecule has 18 heavy (non-hydrogen) atoms. The minimum absolute atomic E-state index is 0.124. The Labute approximate surface area is 108 Å². The van der Waals surface area contributed by atoms with Crippen molar-refractivity contribution in [3.8, 4) is 0 Å². The van der Waals surface area contributed by atoms with Gasteiger partial charge in [0, 0.05) is 11.3 Å². The summed E-state index contributed by atoms with van der Waals surface area (Å²) in [5, 5.41) is 4.25. The van der Waals surface area contributed by atoms with Gasteiger partial charge in [0.15, 0.2) is 0 Å². The molecule has 0 bridgehead atoms. The second kappa shape index (κ2) is 6.34. The molecular weight excluding hydrogens is 224 g/mol. The lowest BCUT2D eigenvalue weighted by Gasteiger charge is -2.21. The first kappa shape index (κ1) is 12.8. The highest BCUT2D eigenvalue weighted by Crippen LogP contribution is 2.24. The summed E-state index contributed by atoms with van der Waals surface area (Å²) >= 11 is 0. The predicted octanol–water partition coefficient (Wildman–Crippen LogP) is 3.37. The van der Waals surface area contributed by atoms with E-state index in [0.29, 0.717) is 5.56 Å². The molecule has 0 aromatic heterocycles. The summed E-state index contributed by atoms with van der Waals surface area (Å²) in [6.07, 6.45) is 5.71. The molecule has 1 amide bonds. The predicted molar refractivity (Wildman–Crippen MR) is 73.6 cm³/mol. The van der Waals surface area contributed by atoms with Crippen LogP contribution in [0, 0.1) is 5.92 Å². The molecule has 1 fully saturated rings. The highest BCUT2D eigenvalue weighted by atomic mass is 16.2. The van der Waals surface area contributed by atoms with Gasteiger partial charge in [0.05, 0.1) is 0 Å². The highest BCUT2D eigenvalue weighted by molar-refractivity contribution is 5.95. The maximum absolute atomic E-state index is 11.8. The van der Waals surface area contributed by atoms with E-state index in [4.69, 9.17) is 0 Å². The summed E-state index contributed by atoms with van der Waals surface area (Å²) in [6.45, 7) is 2.24. The standard InChI is InChI=1S/C15H20N2O/c1-2-12-8-10-14(11-9-12)16-17-15(18)13-6-4-3-5-7-13/h3-7,12H,2,8-11H2,1H3,(H,17,18). The van der Waals surface area contributed by atoms with Gasteiger partial charge >= 0.3 is 0 Å². The van der Waals surface area contributed by atoms with Crippen molar-refractivity contribution in [2.45, 2.75) is 39.0 Å². The van der Waals surface area contributed by atoms with Gasteiger partial charge in [0.2, 0.25) is 0 Å². The molecule has 3 nitrogen and oxygen atoms in total. The molecular formula is C15H20N2O. The van der Waals surface area contributed by atoms with Crippen LogP contribution < -0.4 is 5.43 Å². The van der Waals surface area contributed by atoms with Crippen molar-refractivity contribution in [3.63, 3.8) is 0 Å². The molecule has 0 spiro atoms. The summed E-state index contributed by atoms with van der Waals surface area (Å²) in [7, 11) is 0. The molecule has 1 aromatic rings. The molecule has 2 rings (SSSR count). The van der Waals surface area contributed by atoms with E-state index in [2.05, 4.69) is 17.5 Å². The first-order chi connectivity index (χ1) is 8.79. The smallest absolute Gasteiger partial charge is 0.267 e. The highest BCUT2D eigenvalue weighted by Gasteiger charge is 2.16. The molecule has 1 aliphatic carbocycles. The number of amides is 1. The molecule has 1 saturated carbocycles. The molecule has 96 valence electrons. The van der Waals surface area contributed by atoms with Gasteiger partial charge in [0.25, 0.3) is 5.91 Å². The van der Waals surface area contributed by atoms with Gasteiger partial charge in [-0.3, -0.25) is 4.79 Å². The normalized spacial score (nSPS) is 19.4. The number of nitrogens with one attached hydrogen (secondary N) is 1. The molecule has 0 heterocycles. The van der Waals surface area contributed by atoms with Crippen molar-refractivity contribution < 1.29 is 4.79 Å². The van der Waals surface area contributed by atoms with E-state index < -0.39 is 0 Å². The van der Waals surface area contributed by atoms with Crippen LogP contribution in [0.4, 0.5) is 0 Å². The van der Waals surface area contributed by atoms with Crippen molar-refractivity contribution in [3.05, 3.63) is 35.9 Å². The maximum Gasteiger partial charge on any atom is 0.271 e. The Bertz CT molecular complexity index is 415. The molecule has 1 N–H and O–H groups in total. The van der Waals surface area contributed by atoms with Gasteiger partial charge in [-0.05, 0) is 43.7 Å². The SMILES string of the molecule is CCC1CCC(=NNC(=O)c2ccccc2)CC1. The lowest BCUT2D eigenvalue weighted by Crippen LogP contribution is -2.22. The van der Waals surface area contributed by atoms with Crippen LogP contribution in [0.5, 0.6) is 0 Å². The number of hydrazone groups is 1. The van der Waals surface area contributed by atoms with Gasteiger partial charge in [-0.25, -0.2) is 5.43 Å². The largest absolute Gasteiger partial charge is 0.271 e. The minimum Gasteiger partial charge on any atom is -0.267 e. The number of carbonyl (C=O) groups excluding carboxylic acids is 1. The van der Waals surface area contributed by atoms with Crippen LogP contribution in [0.15, 0.2) is 35.4 Å². The Hall–Kier alpha value is -1.64. The van der Waals surface area contributed by atoms with E-state index >= 15 is 0 Å². The van der Waals surface area contributed by atoms with E-state index in [1.165, 1.54) is 19.3 Å². The van der Waals surface area contributed by atoms with Gasteiger partial charge in [-0.1, -0.05) is 31.5 Å². The second-order valence-electron chi connectivity index (χ2n) is 4.84.